The van der Waals surface area contributed by atoms with Gasteiger partial charge in [-0.25, -0.2) is 0 Å². The molecule has 24 heavy (non-hydrogen) atoms. The molecule has 1 aromatic carbocycles. The number of hydrogen-bond donors (Lipinski definition) is 1. The highest BCUT2D eigenvalue weighted by Crippen LogP contribution is 2.44. The molecule has 0 saturated carbocycles. The molecule has 2 atom stereocenters. The monoisotopic (exact) mass is 360 g/mol. The molecule has 1 saturated heterocycles. The van der Waals surface area contributed by atoms with Crippen LogP contribution in [0.2, 0.25) is 0 Å². The van der Waals surface area contributed by atoms with Crippen LogP contribution < -0.4 is 5.32 Å². The molecule has 0 bridgehead atoms. The molecule has 0 unspecified atom stereocenters. The van der Waals surface area contributed by atoms with Crippen molar-refractivity contribution in [3.63, 3.8) is 0 Å². The van der Waals surface area contributed by atoms with E-state index in [1.54, 1.807) is 23.1 Å². The molecule has 0 aliphatic carbocycles. The average molecular weight is 361 g/mol. The van der Waals surface area contributed by atoms with E-state index in [0.717, 1.165) is 16.1 Å². The lowest BCUT2D eigenvalue weighted by Crippen LogP contribution is -2.33. The fourth-order valence-corrected chi connectivity index (χ4v) is 4.89. The SMILES string of the molecule is Cc1ccc(NC(=O)CCN2C(=O)[C@@H](C)S[C@H]2c2cccs2)cc1. The molecule has 0 radical (unpaired) electrons. The van der Waals surface area contributed by atoms with Crippen LogP contribution in [0.3, 0.4) is 0 Å². The molecular formula is C18H20N2O2S2. The van der Waals surface area contributed by atoms with Gasteiger partial charge in [-0.05, 0) is 37.4 Å². The second kappa shape index (κ2) is 7.40. The summed E-state index contributed by atoms with van der Waals surface area (Å²) >= 11 is 3.30. The van der Waals surface area contributed by atoms with Crippen molar-refractivity contribution in [1.29, 1.82) is 0 Å². The van der Waals surface area contributed by atoms with Gasteiger partial charge in [0.25, 0.3) is 0 Å². The molecular weight excluding hydrogens is 340 g/mol. The van der Waals surface area contributed by atoms with E-state index < -0.39 is 0 Å². The number of aryl methyl sites for hydroxylation is 1. The van der Waals surface area contributed by atoms with E-state index in [-0.39, 0.29) is 22.4 Å². The highest BCUT2D eigenvalue weighted by atomic mass is 32.2. The average Bonchev–Trinajstić information content (AvgIpc) is 3.18. The Balaban J connectivity index is 1.60. The number of thioether (sulfide) groups is 1. The van der Waals surface area contributed by atoms with Crippen LogP contribution in [0, 0.1) is 6.92 Å². The Hall–Kier alpha value is -1.79. The van der Waals surface area contributed by atoms with Gasteiger partial charge in [0.05, 0.1) is 5.25 Å². The first kappa shape index (κ1) is 17.0. The van der Waals surface area contributed by atoms with Crippen molar-refractivity contribution in [2.75, 3.05) is 11.9 Å². The quantitative estimate of drug-likeness (QED) is 0.875. The number of nitrogens with one attached hydrogen (secondary N) is 1. The van der Waals surface area contributed by atoms with Crippen molar-refractivity contribution in [3.8, 4) is 0 Å². The van der Waals surface area contributed by atoms with Crippen LogP contribution in [0.1, 0.15) is 29.2 Å². The molecule has 3 rings (SSSR count). The second-order valence-corrected chi connectivity index (χ2v) is 8.25. The van der Waals surface area contributed by atoms with Gasteiger partial charge in [0.1, 0.15) is 5.37 Å². The number of carbonyl (C=O) groups is 2. The van der Waals surface area contributed by atoms with Crippen LogP contribution >= 0.6 is 23.1 Å². The van der Waals surface area contributed by atoms with Crippen molar-refractivity contribution in [1.82, 2.24) is 4.90 Å². The fraction of sp³-hybridized carbons (Fsp3) is 0.333. The van der Waals surface area contributed by atoms with Crippen molar-refractivity contribution in [2.45, 2.75) is 30.9 Å². The lowest BCUT2D eigenvalue weighted by Gasteiger charge is -2.22. The molecule has 1 fully saturated rings. The van der Waals surface area contributed by atoms with Gasteiger partial charge in [-0.15, -0.1) is 23.1 Å². The standard InChI is InChI=1S/C18H20N2O2S2/c1-12-5-7-14(8-6-12)19-16(21)9-10-20-17(22)13(2)24-18(20)15-4-3-11-23-15/h3-8,11,13,18H,9-10H2,1-2H3,(H,19,21)/t13-,18+/m1/s1. The minimum Gasteiger partial charge on any atom is -0.326 e. The molecule has 2 heterocycles. The number of hydrogen-bond acceptors (Lipinski definition) is 4. The Morgan fingerprint density at radius 3 is 2.67 bits per heavy atom. The summed E-state index contributed by atoms with van der Waals surface area (Å²) < 4.78 is 0. The van der Waals surface area contributed by atoms with Crippen molar-refractivity contribution in [3.05, 3.63) is 52.2 Å². The van der Waals surface area contributed by atoms with Crippen LogP contribution in [-0.2, 0) is 9.59 Å². The number of amides is 2. The van der Waals surface area contributed by atoms with E-state index in [2.05, 4.69) is 5.32 Å². The molecule has 1 aliphatic rings. The van der Waals surface area contributed by atoms with Crippen LogP contribution in [-0.4, -0.2) is 28.5 Å². The van der Waals surface area contributed by atoms with Gasteiger partial charge in [-0.2, -0.15) is 0 Å². The third-order valence-corrected chi connectivity index (χ3v) is 6.40. The van der Waals surface area contributed by atoms with Gasteiger partial charge in [0.15, 0.2) is 0 Å². The predicted molar refractivity (Wildman–Crippen MR) is 100 cm³/mol. The van der Waals surface area contributed by atoms with Gasteiger partial charge in [0, 0.05) is 23.5 Å². The highest BCUT2D eigenvalue weighted by Gasteiger charge is 2.38. The summed E-state index contributed by atoms with van der Waals surface area (Å²) in [6.07, 6.45) is 0.300. The topological polar surface area (TPSA) is 49.4 Å². The largest absolute Gasteiger partial charge is 0.326 e. The Kier molecular flexibility index (Phi) is 5.26. The number of benzene rings is 1. The van der Waals surface area contributed by atoms with Gasteiger partial charge >= 0.3 is 0 Å². The van der Waals surface area contributed by atoms with E-state index in [4.69, 9.17) is 0 Å². The first-order valence-electron chi connectivity index (χ1n) is 7.90. The summed E-state index contributed by atoms with van der Waals surface area (Å²) in [6.45, 7) is 4.38. The molecule has 1 aliphatic heterocycles. The molecule has 1 aromatic heterocycles. The molecule has 1 N–H and O–H groups in total. The lowest BCUT2D eigenvalue weighted by molar-refractivity contribution is -0.130. The maximum absolute atomic E-state index is 12.4. The zero-order valence-electron chi connectivity index (χ0n) is 13.7. The van der Waals surface area contributed by atoms with E-state index in [1.165, 1.54) is 0 Å². The summed E-state index contributed by atoms with van der Waals surface area (Å²) in [5.74, 6) is 0.0441. The molecule has 126 valence electrons. The zero-order valence-corrected chi connectivity index (χ0v) is 15.3. The van der Waals surface area contributed by atoms with Crippen molar-refractivity contribution >= 4 is 40.6 Å². The van der Waals surface area contributed by atoms with Gasteiger partial charge in [-0.1, -0.05) is 23.8 Å². The van der Waals surface area contributed by atoms with Crippen LogP contribution in [0.4, 0.5) is 5.69 Å². The minimum atomic E-state index is -0.0684. The number of anilines is 1. The number of rotatable bonds is 5. The maximum atomic E-state index is 12.4. The fourth-order valence-electron chi connectivity index (χ4n) is 2.64. The Morgan fingerprint density at radius 2 is 2.00 bits per heavy atom. The second-order valence-electron chi connectivity index (χ2n) is 5.84. The molecule has 6 heteroatoms. The highest BCUT2D eigenvalue weighted by molar-refractivity contribution is 8.01. The third kappa shape index (κ3) is 3.82. The van der Waals surface area contributed by atoms with Gasteiger partial charge in [-0.3, -0.25) is 9.59 Å². The van der Waals surface area contributed by atoms with Gasteiger partial charge in [0.2, 0.25) is 11.8 Å². The molecule has 4 nitrogen and oxygen atoms in total. The van der Waals surface area contributed by atoms with Gasteiger partial charge < -0.3 is 10.2 Å². The Bertz CT molecular complexity index is 713. The lowest BCUT2D eigenvalue weighted by atomic mass is 10.2. The van der Waals surface area contributed by atoms with Crippen molar-refractivity contribution in [2.24, 2.45) is 0 Å². The van der Waals surface area contributed by atoms with E-state index in [0.29, 0.717) is 13.0 Å². The van der Waals surface area contributed by atoms with Crippen LogP contribution in [0.5, 0.6) is 0 Å². The normalized spacial score (nSPS) is 20.4. The molecule has 2 aromatic rings. The molecule has 2 amide bonds. The number of carbonyl (C=O) groups excluding carboxylic acids is 2. The summed E-state index contributed by atoms with van der Waals surface area (Å²) in [6, 6.07) is 11.8. The first-order chi connectivity index (χ1) is 11.5. The van der Waals surface area contributed by atoms with Crippen LogP contribution in [0.25, 0.3) is 0 Å². The van der Waals surface area contributed by atoms with Crippen LogP contribution in [0.15, 0.2) is 41.8 Å². The van der Waals surface area contributed by atoms with E-state index in [1.807, 2.05) is 60.5 Å². The first-order valence-corrected chi connectivity index (χ1v) is 9.72. The van der Waals surface area contributed by atoms with E-state index >= 15 is 0 Å². The maximum Gasteiger partial charge on any atom is 0.236 e. The summed E-state index contributed by atoms with van der Waals surface area (Å²) in [5.41, 5.74) is 1.94. The zero-order chi connectivity index (χ0) is 17.1. The molecule has 0 spiro atoms. The Labute approximate surface area is 150 Å². The number of nitrogens with zero attached hydrogens (tertiary/aromatic N) is 1. The predicted octanol–water partition coefficient (Wildman–Crippen LogP) is 4.05. The Morgan fingerprint density at radius 1 is 1.25 bits per heavy atom. The van der Waals surface area contributed by atoms with Crippen molar-refractivity contribution < 1.29 is 9.59 Å². The summed E-state index contributed by atoms with van der Waals surface area (Å²) in [7, 11) is 0. The third-order valence-electron chi connectivity index (χ3n) is 3.95. The summed E-state index contributed by atoms with van der Waals surface area (Å²) in [5, 5.41) is 4.88. The smallest absolute Gasteiger partial charge is 0.236 e. The summed E-state index contributed by atoms with van der Waals surface area (Å²) in [4.78, 5) is 27.6. The number of thiophene rings is 1. The van der Waals surface area contributed by atoms with E-state index in [9.17, 15) is 9.59 Å². The minimum absolute atomic E-state index is 0.0275.